The van der Waals surface area contributed by atoms with Gasteiger partial charge in [0.1, 0.15) is 30.2 Å². The van der Waals surface area contributed by atoms with E-state index in [0.29, 0.717) is 0 Å². The van der Waals surface area contributed by atoms with Crippen LogP contribution < -0.4 is 26.2 Å². The van der Waals surface area contributed by atoms with Crippen molar-refractivity contribution in [3.05, 3.63) is 63.4 Å². The first-order valence-corrected chi connectivity index (χ1v) is 13.8. The maximum Gasteiger partial charge on any atom is 0.459 e. The summed E-state index contributed by atoms with van der Waals surface area (Å²) in [5.41, 5.74) is -3.93. The van der Waals surface area contributed by atoms with Crippen LogP contribution >= 0.6 is 7.75 Å². The number of carbonyl (C=O) groups is 1. The molecule has 216 valence electrons. The summed E-state index contributed by atoms with van der Waals surface area (Å²) in [7, 11) is -4.35. The summed E-state index contributed by atoms with van der Waals surface area (Å²) in [5.74, 6) is -3.23. The average molecular weight is 573 g/mol. The standard InChI is InChI=1S/C24H34FN4O9P/c1-15(2)37-19(31)11-10-16(3)28-39(35,38-17-8-6-5-7-9-17)36-14-24(25)20(32)23(4,34)21(27-24)29-13-12-18(30)26-22(29)33/h5-9,12-13,15-16,20-21,27,32,34H,10-11,14H2,1-4H3,(H,28,35)(H,26,30,33)/t16?,20-,21-,23+,24+,39?/m0/s1. The molecule has 1 aliphatic heterocycles. The second kappa shape index (κ2) is 12.1. The van der Waals surface area contributed by atoms with Crippen LogP contribution in [0.4, 0.5) is 4.39 Å². The number of hydrogen-bond donors (Lipinski definition) is 5. The van der Waals surface area contributed by atoms with Crippen molar-refractivity contribution in [2.75, 3.05) is 6.61 Å². The Morgan fingerprint density at radius 1 is 1.23 bits per heavy atom. The number of rotatable bonds is 12. The molecule has 1 saturated heterocycles. The van der Waals surface area contributed by atoms with E-state index in [-0.39, 0.29) is 24.7 Å². The van der Waals surface area contributed by atoms with Crippen LogP contribution in [0.2, 0.25) is 0 Å². The highest BCUT2D eigenvalue weighted by Crippen LogP contribution is 2.48. The molecule has 1 aliphatic rings. The fraction of sp³-hybridized carbons (Fsp3) is 0.542. The SMILES string of the molecule is CC(CCC(=O)OC(C)C)NP(=O)(OC[C@@]1(F)N[C@@H](n2ccc(=O)[nH]c2=O)[C@](C)(O)[C@@H]1O)Oc1ccccc1. The van der Waals surface area contributed by atoms with E-state index in [1.807, 2.05) is 4.98 Å². The predicted molar refractivity (Wildman–Crippen MR) is 138 cm³/mol. The van der Waals surface area contributed by atoms with Gasteiger partial charge in [-0.25, -0.2) is 18.8 Å². The summed E-state index contributed by atoms with van der Waals surface area (Å²) in [5, 5.41) is 26.5. The van der Waals surface area contributed by atoms with Crippen LogP contribution in [0.5, 0.6) is 5.75 Å². The van der Waals surface area contributed by atoms with Crippen LogP contribution in [-0.2, 0) is 18.6 Å². The van der Waals surface area contributed by atoms with Gasteiger partial charge in [-0.05, 0) is 46.2 Å². The van der Waals surface area contributed by atoms with Crippen LogP contribution in [-0.4, -0.2) is 62.0 Å². The Morgan fingerprint density at radius 3 is 2.51 bits per heavy atom. The van der Waals surface area contributed by atoms with E-state index < -0.39 is 61.3 Å². The Bertz CT molecular complexity index is 1300. The van der Waals surface area contributed by atoms with Gasteiger partial charge in [-0.15, -0.1) is 0 Å². The van der Waals surface area contributed by atoms with E-state index in [9.17, 15) is 29.2 Å². The number of para-hydroxylation sites is 1. The normalized spacial score (nSPS) is 27.2. The highest BCUT2D eigenvalue weighted by molar-refractivity contribution is 7.52. The Morgan fingerprint density at radius 2 is 1.90 bits per heavy atom. The number of aliphatic hydroxyl groups excluding tert-OH is 1. The summed E-state index contributed by atoms with van der Waals surface area (Å²) >= 11 is 0. The van der Waals surface area contributed by atoms with Crippen LogP contribution in [0.25, 0.3) is 0 Å². The van der Waals surface area contributed by atoms with Gasteiger partial charge in [-0.2, -0.15) is 0 Å². The lowest BCUT2D eigenvalue weighted by Gasteiger charge is -2.30. The number of nitrogens with zero attached hydrogens (tertiary/aromatic N) is 1. The average Bonchev–Trinajstić information content (AvgIpc) is 3.02. The molecule has 2 heterocycles. The maximum absolute atomic E-state index is 16.0. The molecule has 13 nitrogen and oxygen atoms in total. The van der Waals surface area contributed by atoms with Gasteiger partial charge in [0.15, 0.2) is 0 Å². The largest absolute Gasteiger partial charge is 0.463 e. The maximum atomic E-state index is 16.0. The molecule has 2 aromatic rings. The molecule has 0 amide bonds. The van der Waals surface area contributed by atoms with Crippen LogP contribution in [0.15, 0.2) is 52.2 Å². The number of nitrogens with one attached hydrogen (secondary N) is 3. The Hall–Kier alpha value is -2.87. The molecule has 0 saturated carbocycles. The lowest BCUT2D eigenvalue weighted by Crippen LogP contribution is -2.51. The molecule has 0 spiro atoms. The van der Waals surface area contributed by atoms with Crippen molar-refractivity contribution < 1.29 is 37.7 Å². The van der Waals surface area contributed by atoms with Gasteiger partial charge in [-0.3, -0.25) is 29.0 Å². The molecule has 2 unspecified atom stereocenters. The van der Waals surface area contributed by atoms with E-state index in [1.54, 1.807) is 39.0 Å². The number of hydrogen-bond acceptors (Lipinski definition) is 10. The number of halogens is 1. The lowest BCUT2D eigenvalue weighted by molar-refractivity contribution is -0.147. The predicted octanol–water partition coefficient (Wildman–Crippen LogP) is 1.33. The van der Waals surface area contributed by atoms with Crippen molar-refractivity contribution in [2.45, 2.75) is 76.3 Å². The molecule has 3 rings (SSSR count). The lowest BCUT2D eigenvalue weighted by atomic mass is 9.95. The zero-order valence-corrected chi connectivity index (χ0v) is 22.9. The van der Waals surface area contributed by atoms with E-state index in [2.05, 4.69) is 10.4 Å². The Kier molecular flexibility index (Phi) is 9.52. The molecular weight excluding hydrogens is 538 g/mol. The van der Waals surface area contributed by atoms with E-state index in [0.717, 1.165) is 23.8 Å². The third kappa shape index (κ3) is 7.62. The minimum absolute atomic E-state index is 0.00344. The second-order valence-electron chi connectivity index (χ2n) is 9.84. The number of ether oxygens (including phenoxy) is 1. The summed E-state index contributed by atoms with van der Waals surface area (Å²) in [4.78, 5) is 37.6. The molecule has 1 fully saturated rings. The van der Waals surface area contributed by atoms with Crippen molar-refractivity contribution in [3.8, 4) is 5.75 Å². The van der Waals surface area contributed by atoms with E-state index in [1.165, 1.54) is 12.1 Å². The fourth-order valence-corrected chi connectivity index (χ4v) is 5.65. The highest BCUT2D eigenvalue weighted by Gasteiger charge is 2.62. The van der Waals surface area contributed by atoms with Crippen LogP contribution in [0, 0.1) is 0 Å². The molecule has 0 radical (unpaired) electrons. The summed E-state index contributed by atoms with van der Waals surface area (Å²) in [6.07, 6.45) is -2.77. The monoisotopic (exact) mass is 572 g/mol. The molecule has 6 atom stereocenters. The van der Waals surface area contributed by atoms with E-state index in [4.69, 9.17) is 13.8 Å². The van der Waals surface area contributed by atoms with E-state index >= 15 is 4.39 Å². The summed E-state index contributed by atoms with van der Waals surface area (Å²) < 4.78 is 46.6. The molecule has 15 heteroatoms. The van der Waals surface area contributed by atoms with Gasteiger partial charge in [-0.1, -0.05) is 18.2 Å². The van der Waals surface area contributed by atoms with Gasteiger partial charge < -0.3 is 19.5 Å². The topological polar surface area (TPSA) is 181 Å². The zero-order chi connectivity index (χ0) is 29.0. The first-order valence-electron chi connectivity index (χ1n) is 12.3. The third-order valence-corrected chi connectivity index (χ3v) is 7.66. The van der Waals surface area contributed by atoms with Crippen LogP contribution in [0.3, 0.4) is 0 Å². The molecule has 0 bridgehead atoms. The van der Waals surface area contributed by atoms with Gasteiger partial charge >= 0.3 is 19.4 Å². The number of H-pyrrole nitrogens is 1. The number of benzene rings is 1. The number of esters is 1. The molecule has 0 aliphatic carbocycles. The van der Waals surface area contributed by atoms with Crippen molar-refractivity contribution in [1.82, 2.24) is 20.0 Å². The molecule has 39 heavy (non-hydrogen) atoms. The number of aliphatic hydroxyl groups is 2. The molecule has 1 aromatic carbocycles. The van der Waals surface area contributed by atoms with Gasteiger partial charge in [0.05, 0.1) is 6.10 Å². The number of carbonyl (C=O) groups excluding carboxylic acids is 1. The summed E-state index contributed by atoms with van der Waals surface area (Å²) in [6.45, 7) is 5.04. The second-order valence-corrected chi connectivity index (χ2v) is 11.5. The highest BCUT2D eigenvalue weighted by atomic mass is 31.2. The molecule has 5 N–H and O–H groups in total. The minimum atomic E-state index is -4.35. The first-order chi connectivity index (χ1) is 18.1. The van der Waals surface area contributed by atoms with Gasteiger partial charge in [0, 0.05) is 24.7 Å². The third-order valence-electron chi connectivity index (χ3n) is 5.99. The number of alkyl halides is 1. The quantitative estimate of drug-likeness (QED) is 0.141. The van der Waals surface area contributed by atoms with Gasteiger partial charge in [0.2, 0.25) is 5.79 Å². The molecular formula is C24H34FN4O9P. The Labute approximate surface area is 223 Å². The first kappa shape index (κ1) is 30.7. The number of aromatic amines is 1. The van der Waals surface area contributed by atoms with Crippen molar-refractivity contribution in [3.63, 3.8) is 0 Å². The Balaban J connectivity index is 1.79. The van der Waals surface area contributed by atoms with Crippen LogP contribution in [0.1, 0.15) is 46.7 Å². The summed E-state index contributed by atoms with van der Waals surface area (Å²) in [6, 6.07) is 8.31. The number of aromatic nitrogens is 2. The van der Waals surface area contributed by atoms with Gasteiger partial charge in [0.25, 0.3) is 5.56 Å². The fourth-order valence-electron chi connectivity index (χ4n) is 4.05. The zero-order valence-electron chi connectivity index (χ0n) is 22.0. The van der Waals surface area contributed by atoms with Crippen molar-refractivity contribution in [2.24, 2.45) is 0 Å². The molecule has 1 aromatic heterocycles. The smallest absolute Gasteiger partial charge is 0.459 e. The minimum Gasteiger partial charge on any atom is -0.463 e. The van der Waals surface area contributed by atoms with Crippen molar-refractivity contribution >= 4 is 13.7 Å². The van der Waals surface area contributed by atoms with Crippen molar-refractivity contribution in [1.29, 1.82) is 0 Å².